The molecule has 1 amide bonds. The highest BCUT2D eigenvalue weighted by atomic mass is 32.2. The molecule has 1 aliphatic rings. The lowest BCUT2D eigenvalue weighted by Gasteiger charge is -2.23. The average Bonchev–Trinajstić information content (AvgIpc) is 3.38. The van der Waals surface area contributed by atoms with E-state index in [-0.39, 0.29) is 42.0 Å². The molecule has 1 aliphatic heterocycles. The van der Waals surface area contributed by atoms with Crippen molar-refractivity contribution in [2.24, 2.45) is 0 Å². The fraction of sp³-hybridized carbons (Fsp3) is 0.400. The predicted octanol–water partition coefficient (Wildman–Crippen LogP) is 3.22. The smallest absolute Gasteiger partial charge is 0.246 e. The van der Waals surface area contributed by atoms with Crippen molar-refractivity contribution >= 4 is 15.9 Å². The van der Waals surface area contributed by atoms with Gasteiger partial charge in [0.1, 0.15) is 16.4 Å². The maximum atomic E-state index is 13.6. The van der Waals surface area contributed by atoms with Crippen LogP contribution in [-0.4, -0.2) is 62.6 Å². The molecule has 2 aromatic carbocycles. The first-order valence-corrected chi connectivity index (χ1v) is 13.2. The maximum absolute atomic E-state index is 13.6. The van der Waals surface area contributed by atoms with Crippen molar-refractivity contribution in [3.05, 3.63) is 54.4 Å². The minimum absolute atomic E-state index is 0.000541. The Morgan fingerprint density at radius 2 is 1.86 bits per heavy atom. The van der Waals surface area contributed by atoms with E-state index in [4.69, 9.17) is 14.0 Å². The van der Waals surface area contributed by atoms with Crippen LogP contribution in [0.2, 0.25) is 0 Å². The molecule has 192 valence electrons. The number of methoxy groups -OCH3 is 2. The molecule has 1 fully saturated rings. The van der Waals surface area contributed by atoms with Crippen LogP contribution in [0.15, 0.2) is 57.9 Å². The van der Waals surface area contributed by atoms with Crippen LogP contribution in [0.3, 0.4) is 0 Å². The summed E-state index contributed by atoms with van der Waals surface area (Å²) in [7, 11) is -1.07. The molecule has 36 heavy (non-hydrogen) atoms. The monoisotopic (exact) mass is 514 g/mol. The summed E-state index contributed by atoms with van der Waals surface area (Å²) in [6.07, 6.45) is 1.83. The van der Waals surface area contributed by atoms with Crippen molar-refractivity contribution in [3.8, 4) is 22.9 Å². The van der Waals surface area contributed by atoms with Gasteiger partial charge in [-0.2, -0.15) is 9.29 Å². The second-order valence-corrected chi connectivity index (χ2v) is 10.4. The van der Waals surface area contributed by atoms with E-state index in [1.165, 1.54) is 24.6 Å². The van der Waals surface area contributed by atoms with Gasteiger partial charge in [-0.15, -0.1) is 0 Å². The van der Waals surface area contributed by atoms with E-state index in [2.05, 4.69) is 15.5 Å². The molecule has 0 saturated carbocycles. The topological polar surface area (TPSA) is 124 Å². The minimum Gasteiger partial charge on any atom is -0.497 e. The highest BCUT2D eigenvalue weighted by molar-refractivity contribution is 7.89. The number of nitrogens with one attached hydrogen (secondary N) is 1. The molecule has 4 rings (SSSR count). The average molecular weight is 515 g/mol. The number of benzene rings is 2. The second kappa shape index (κ2) is 11.5. The van der Waals surface area contributed by atoms with Crippen molar-refractivity contribution in [2.75, 3.05) is 33.9 Å². The quantitative estimate of drug-likeness (QED) is 0.532. The van der Waals surface area contributed by atoms with Gasteiger partial charge in [0.15, 0.2) is 0 Å². The van der Waals surface area contributed by atoms with E-state index in [0.29, 0.717) is 43.3 Å². The van der Waals surface area contributed by atoms with Crippen LogP contribution in [0.5, 0.6) is 11.5 Å². The predicted molar refractivity (Wildman–Crippen MR) is 132 cm³/mol. The number of carbonyl (C=O) groups is 1. The third-order valence-electron chi connectivity index (χ3n) is 6.17. The van der Waals surface area contributed by atoms with Gasteiger partial charge in [0.25, 0.3) is 0 Å². The van der Waals surface area contributed by atoms with E-state index in [1.54, 1.807) is 12.1 Å². The fourth-order valence-corrected chi connectivity index (χ4v) is 5.84. The SMILES string of the molecule is COc1ccc(OC)c(S(=O)(=O)N2CCCC(c3nc(-c4ccccc4)no3)CCNC(=O)CC2)c1. The summed E-state index contributed by atoms with van der Waals surface area (Å²) in [6, 6.07) is 14.2. The molecule has 11 heteroatoms. The van der Waals surface area contributed by atoms with E-state index in [0.717, 1.165) is 5.56 Å². The van der Waals surface area contributed by atoms with Crippen LogP contribution in [0.25, 0.3) is 11.4 Å². The lowest BCUT2D eigenvalue weighted by atomic mass is 9.99. The third-order valence-corrected chi connectivity index (χ3v) is 8.09. The molecule has 0 aliphatic carbocycles. The molecular formula is C25H30N4O6S. The van der Waals surface area contributed by atoms with Crippen molar-refractivity contribution in [1.82, 2.24) is 19.8 Å². The Hall–Kier alpha value is -3.44. The molecule has 10 nitrogen and oxygen atoms in total. The number of aromatic nitrogens is 2. The zero-order valence-corrected chi connectivity index (χ0v) is 21.2. The Kier molecular flexibility index (Phi) is 8.21. The van der Waals surface area contributed by atoms with Crippen molar-refractivity contribution < 1.29 is 27.2 Å². The Balaban J connectivity index is 1.56. The van der Waals surface area contributed by atoms with Crippen LogP contribution >= 0.6 is 0 Å². The molecule has 1 atom stereocenters. The lowest BCUT2D eigenvalue weighted by Crippen LogP contribution is -2.36. The summed E-state index contributed by atoms with van der Waals surface area (Å²) in [6.45, 7) is 0.715. The van der Waals surface area contributed by atoms with Crippen LogP contribution in [0.1, 0.15) is 37.5 Å². The van der Waals surface area contributed by atoms with E-state index in [1.807, 2.05) is 30.3 Å². The van der Waals surface area contributed by atoms with Crippen LogP contribution in [0, 0.1) is 0 Å². The van der Waals surface area contributed by atoms with Gasteiger partial charge in [0.2, 0.25) is 27.6 Å². The first-order valence-electron chi connectivity index (χ1n) is 11.8. The highest BCUT2D eigenvalue weighted by Crippen LogP contribution is 2.32. The molecule has 1 saturated heterocycles. The van der Waals surface area contributed by atoms with Gasteiger partial charge in [-0.1, -0.05) is 35.5 Å². The van der Waals surface area contributed by atoms with E-state index in [9.17, 15) is 13.2 Å². The van der Waals surface area contributed by atoms with Crippen LogP contribution in [0.4, 0.5) is 0 Å². The fourth-order valence-electron chi connectivity index (χ4n) is 4.19. The van der Waals surface area contributed by atoms with Gasteiger partial charge in [-0.05, 0) is 31.4 Å². The Labute approximate surface area is 210 Å². The van der Waals surface area contributed by atoms with E-state index < -0.39 is 10.0 Å². The molecule has 3 aromatic rings. The summed E-state index contributed by atoms with van der Waals surface area (Å²) in [5.41, 5.74) is 0.849. The van der Waals surface area contributed by atoms with Crippen molar-refractivity contribution in [2.45, 2.75) is 36.5 Å². The molecule has 1 N–H and O–H groups in total. The summed E-state index contributed by atoms with van der Waals surface area (Å²) >= 11 is 0. The summed E-state index contributed by atoms with van der Waals surface area (Å²) in [4.78, 5) is 17.0. The molecule has 0 spiro atoms. The number of hydrogen-bond acceptors (Lipinski definition) is 8. The zero-order valence-electron chi connectivity index (χ0n) is 20.3. The normalized spacial score (nSPS) is 18.2. The number of nitrogens with zero attached hydrogens (tertiary/aromatic N) is 3. The Morgan fingerprint density at radius 1 is 1.06 bits per heavy atom. The van der Waals surface area contributed by atoms with Crippen molar-refractivity contribution in [1.29, 1.82) is 0 Å². The molecular weight excluding hydrogens is 484 g/mol. The third kappa shape index (κ3) is 5.85. The number of rotatable bonds is 6. The van der Waals surface area contributed by atoms with Gasteiger partial charge in [0, 0.05) is 43.6 Å². The van der Waals surface area contributed by atoms with Crippen LogP contribution in [-0.2, 0) is 14.8 Å². The van der Waals surface area contributed by atoms with Gasteiger partial charge in [0.05, 0.1) is 14.2 Å². The van der Waals surface area contributed by atoms with E-state index >= 15 is 0 Å². The number of ether oxygens (including phenoxy) is 2. The largest absolute Gasteiger partial charge is 0.497 e. The summed E-state index contributed by atoms with van der Waals surface area (Å²) < 4.78 is 44.7. The highest BCUT2D eigenvalue weighted by Gasteiger charge is 2.30. The van der Waals surface area contributed by atoms with Gasteiger partial charge in [-0.25, -0.2) is 8.42 Å². The Morgan fingerprint density at radius 3 is 2.61 bits per heavy atom. The number of amides is 1. The molecule has 1 unspecified atom stereocenters. The second-order valence-electron chi connectivity index (χ2n) is 8.47. The molecule has 0 radical (unpaired) electrons. The zero-order chi connectivity index (χ0) is 25.5. The van der Waals surface area contributed by atoms with Gasteiger partial charge < -0.3 is 19.3 Å². The number of carbonyl (C=O) groups excluding carboxylic acids is 1. The summed E-state index contributed by atoms with van der Waals surface area (Å²) in [5.74, 6) is 1.25. The first-order chi connectivity index (χ1) is 17.4. The van der Waals surface area contributed by atoms with Crippen molar-refractivity contribution in [3.63, 3.8) is 0 Å². The molecule has 1 aromatic heterocycles. The standard InChI is InChI=1S/C25H30N4O6S/c1-33-20-10-11-21(34-2)22(17-20)36(31,32)29-15-6-9-19(12-14-26-23(30)13-16-29)25-27-24(28-35-25)18-7-4-3-5-8-18/h3-5,7-8,10-11,17,19H,6,9,12-16H2,1-2H3,(H,26,30). The first kappa shape index (κ1) is 25.6. The molecule has 2 heterocycles. The van der Waals surface area contributed by atoms with Gasteiger partial charge in [-0.3, -0.25) is 4.79 Å². The van der Waals surface area contributed by atoms with Gasteiger partial charge >= 0.3 is 0 Å². The Bertz CT molecular complexity index is 1280. The molecule has 0 bridgehead atoms. The lowest BCUT2D eigenvalue weighted by molar-refractivity contribution is -0.121. The number of sulfonamides is 1. The summed E-state index contributed by atoms with van der Waals surface area (Å²) in [5, 5.41) is 6.99. The maximum Gasteiger partial charge on any atom is 0.246 e. The van der Waals surface area contributed by atoms with Crippen LogP contribution < -0.4 is 14.8 Å². The minimum atomic E-state index is -3.96. The number of hydrogen-bond donors (Lipinski definition) is 1.